The fourth-order valence-corrected chi connectivity index (χ4v) is 1.99. The SMILES string of the molecule is CC(C)c1cnc(C2CC2)c(C(C)C)c1. The Morgan fingerprint density at radius 2 is 1.80 bits per heavy atom. The highest BCUT2D eigenvalue weighted by molar-refractivity contribution is 5.33. The maximum absolute atomic E-state index is 4.68. The number of nitrogens with zero attached hydrogens (tertiary/aromatic N) is 1. The molecule has 0 spiro atoms. The molecule has 0 saturated heterocycles. The molecule has 1 saturated carbocycles. The van der Waals surface area contributed by atoms with Crippen LogP contribution in [0.25, 0.3) is 0 Å². The smallest absolute Gasteiger partial charge is 0.0469 e. The summed E-state index contributed by atoms with van der Waals surface area (Å²) >= 11 is 0. The van der Waals surface area contributed by atoms with E-state index in [1.165, 1.54) is 29.7 Å². The van der Waals surface area contributed by atoms with Crippen LogP contribution in [-0.4, -0.2) is 4.98 Å². The van der Waals surface area contributed by atoms with Crippen LogP contribution in [0.5, 0.6) is 0 Å². The van der Waals surface area contributed by atoms with Crippen LogP contribution in [-0.2, 0) is 0 Å². The minimum Gasteiger partial charge on any atom is -0.260 e. The Labute approximate surface area is 92.9 Å². The van der Waals surface area contributed by atoms with E-state index in [1.54, 1.807) is 0 Å². The van der Waals surface area contributed by atoms with Crippen LogP contribution in [0, 0.1) is 0 Å². The lowest BCUT2D eigenvalue weighted by Gasteiger charge is -2.14. The lowest BCUT2D eigenvalue weighted by Crippen LogP contribution is -2.01. The van der Waals surface area contributed by atoms with E-state index in [9.17, 15) is 0 Å². The van der Waals surface area contributed by atoms with Crippen molar-refractivity contribution in [2.75, 3.05) is 0 Å². The molecule has 1 nitrogen and oxygen atoms in total. The van der Waals surface area contributed by atoms with Gasteiger partial charge in [0.1, 0.15) is 0 Å². The fourth-order valence-electron chi connectivity index (χ4n) is 1.99. The predicted octanol–water partition coefficient (Wildman–Crippen LogP) is 4.21. The van der Waals surface area contributed by atoms with Gasteiger partial charge in [0.05, 0.1) is 0 Å². The van der Waals surface area contributed by atoms with E-state index in [0.717, 1.165) is 5.92 Å². The zero-order valence-electron chi connectivity index (χ0n) is 10.2. The summed E-state index contributed by atoms with van der Waals surface area (Å²) in [6.07, 6.45) is 4.76. The predicted molar refractivity (Wildman–Crippen MR) is 64.4 cm³/mol. The molecule has 1 heterocycles. The maximum atomic E-state index is 4.68. The van der Waals surface area contributed by atoms with Gasteiger partial charge in [-0.15, -0.1) is 0 Å². The second-order valence-electron chi connectivity index (χ2n) is 5.33. The number of aromatic nitrogens is 1. The van der Waals surface area contributed by atoms with Crippen LogP contribution in [0.1, 0.15) is 75.1 Å². The van der Waals surface area contributed by atoms with Crippen molar-refractivity contribution < 1.29 is 0 Å². The van der Waals surface area contributed by atoms with E-state index in [1.807, 2.05) is 0 Å². The topological polar surface area (TPSA) is 12.9 Å². The lowest BCUT2D eigenvalue weighted by atomic mass is 9.94. The van der Waals surface area contributed by atoms with Gasteiger partial charge in [0, 0.05) is 17.8 Å². The molecule has 15 heavy (non-hydrogen) atoms. The lowest BCUT2D eigenvalue weighted by molar-refractivity contribution is 0.792. The first-order chi connectivity index (χ1) is 7.09. The summed E-state index contributed by atoms with van der Waals surface area (Å²) in [5, 5.41) is 0. The normalized spacial score (nSPS) is 16.4. The molecule has 82 valence electrons. The Hall–Kier alpha value is -0.850. The standard InChI is InChI=1S/C14H21N/c1-9(2)12-7-13(10(3)4)14(15-8-12)11-5-6-11/h7-11H,5-6H2,1-4H3. The first kappa shape index (κ1) is 10.7. The van der Waals surface area contributed by atoms with Crippen LogP contribution in [0.15, 0.2) is 12.3 Å². The van der Waals surface area contributed by atoms with Gasteiger partial charge < -0.3 is 0 Å². The minimum absolute atomic E-state index is 0.586. The van der Waals surface area contributed by atoms with Crippen molar-refractivity contribution in [1.82, 2.24) is 4.98 Å². The van der Waals surface area contributed by atoms with E-state index in [4.69, 9.17) is 0 Å². The molecule has 0 aliphatic heterocycles. The van der Waals surface area contributed by atoms with E-state index >= 15 is 0 Å². The fraction of sp³-hybridized carbons (Fsp3) is 0.643. The molecule has 1 heteroatoms. The van der Waals surface area contributed by atoms with Crippen LogP contribution >= 0.6 is 0 Å². The highest BCUT2D eigenvalue weighted by Crippen LogP contribution is 2.42. The zero-order chi connectivity index (χ0) is 11.0. The van der Waals surface area contributed by atoms with Crippen LogP contribution in [0.4, 0.5) is 0 Å². The highest BCUT2D eigenvalue weighted by Gasteiger charge is 2.28. The van der Waals surface area contributed by atoms with Gasteiger partial charge in [-0.05, 0) is 35.8 Å². The molecule has 0 N–H and O–H groups in total. The van der Waals surface area contributed by atoms with Crippen molar-refractivity contribution in [3.8, 4) is 0 Å². The second-order valence-corrected chi connectivity index (χ2v) is 5.33. The van der Waals surface area contributed by atoms with Gasteiger partial charge in [-0.25, -0.2) is 0 Å². The molecule has 1 aromatic heterocycles. The Kier molecular flexibility index (Phi) is 2.81. The Morgan fingerprint density at radius 1 is 1.13 bits per heavy atom. The molecule has 0 amide bonds. The molecule has 1 aromatic rings. The summed E-state index contributed by atoms with van der Waals surface area (Å²) in [5.74, 6) is 1.96. The number of hydrogen-bond donors (Lipinski definition) is 0. The van der Waals surface area contributed by atoms with Gasteiger partial charge in [0.25, 0.3) is 0 Å². The van der Waals surface area contributed by atoms with Crippen LogP contribution in [0.3, 0.4) is 0 Å². The van der Waals surface area contributed by atoms with Gasteiger partial charge in [0.2, 0.25) is 0 Å². The molecule has 1 fully saturated rings. The first-order valence-electron chi connectivity index (χ1n) is 6.09. The molecule has 0 radical (unpaired) electrons. The van der Waals surface area contributed by atoms with E-state index < -0.39 is 0 Å². The molecule has 1 aliphatic rings. The van der Waals surface area contributed by atoms with Crippen molar-refractivity contribution >= 4 is 0 Å². The van der Waals surface area contributed by atoms with Crippen molar-refractivity contribution in [2.24, 2.45) is 0 Å². The summed E-state index contributed by atoms with van der Waals surface area (Å²) in [4.78, 5) is 4.68. The van der Waals surface area contributed by atoms with Gasteiger partial charge >= 0.3 is 0 Å². The third-order valence-corrected chi connectivity index (χ3v) is 3.22. The molecule has 0 bridgehead atoms. The van der Waals surface area contributed by atoms with Gasteiger partial charge in [0.15, 0.2) is 0 Å². The van der Waals surface area contributed by atoms with Crippen molar-refractivity contribution in [2.45, 2.75) is 58.3 Å². The van der Waals surface area contributed by atoms with E-state index in [-0.39, 0.29) is 0 Å². The maximum Gasteiger partial charge on any atom is 0.0469 e. The largest absolute Gasteiger partial charge is 0.260 e. The molecule has 0 aromatic carbocycles. The number of rotatable bonds is 3. The summed E-state index contributed by atoms with van der Waals surface area (Å²) in [5.41, 5.74) is 4.22. The second kappa shape index (κ2) is 3.96. The quantitative estimate of drug-likeness (QED) is 0.717. The van der Waals surface area contributed by atoms with Gasteiger partial charge in [-0.2, -0.15) is 0 Å². The average Bonchev–Trinajstić information content (AvgIpc) is 2.99. The van der Waals surface area contributed by atoms with Crippen LogP contribution in [0.2, 0.25) is 0 Å². The van der Waals surface area contributed by atoms with Gasteiger partial charge in [-0.3, -0.25) is 4.98 Å². The van der Waals surface area contributed by atoms with Crippen molar-refractivity contribution in [3.63, 3.8) is 0 Å². The van der Waals surface area contributed by atoms with E-state index in [0.29, 0.717) is 11.8 Å². The summed E-state index contributed by atoms with van der Waals surface area (Å²) < 4.78 is 0. The zero-order valence-corrected chi connectivity index (χ0v) is 10.2. The van der Waals surface area contributed by atoms with Crippen LogP contribution < -0.4 is 0 Å². The van der Waals surface area contributed by atoms with Gasteiger partial charge in [-0.1, -0.05) is 33.8 Å². The molecule has 2 rings (SSSR count). The molecule has 0 atom stereocenters. The Morgan fingerprint density at radius 3 is 2.27 bits per heavy atom. The Bertz CT molecular complexity index is 348. The molecule has 0 unspecified atom stereocenters. The monoisotopic (exact) mass is 203 g/mol. The summed E-state index contributed by atoms with van der Waals surface area (Å²) in [6.45, 7) is 9.01. The first-order valence-corrected chi connectivity index (χ1v) is 6.09. The van der Waals surface area contributed by atoms with Crippen molar-refractivity contribution in [3.05, 3.63) is 29.1 Å². The van der Waals surface area contributed by atoms with E-state index in [2.05, 4.69) is 44.9 Å². The number of pyridine rings is 1. The average molecular weight is 203 g/mol. The molecular formula is C14H21N. The molecule has 1 aliphatic carbocycles. The highest BCUT2D eigenvalue weighted by atomic mass is 14.7. The van der Waals surface area contributed by atoms with Crippen molar-refractivity contribution in [1.29, 1.82) is 0 Å². The third kappa shape index (κ3) is 2.22. The number of hydrogen-bond acceptors (Lipinski definition) is 1. The molecular weight excluding hydrogens is 182 g/mol. The Balaban J connectivity index is 2.39. The third-order valence-electron chi connectivity index (χ3n) is 3.22. The minimum atomic E-state index is 0.586. The summed E-state index contributed by atoms with van der Waals surface area (Å²) in [7, 11) is 0. The summed E-state index contributed by atoms with van der Waals surface area (Å²) in [6, 6.07) is 2.37.